The van der Waals surface area contributed by atoms with Crippen LogP contribution in [0, 0.1) is 0 Å². The number of hydrogen-bond acceptors (Lipinski definition) is 1. The zero-order valence-corrected chi connectivity index (χ0v) is 37.7. The van der Waals surface area contributed by atoms with E-state index in [4.69, 9.17) is 4.74 Å². The number of rotatable bonds is 7. The monoisotopic (exact) mass is 875 g/mol. The molecule has 0 saturated heterocycles. The van der Waals surface area contributed by atoms with Gasteiger partial charge in [0.2, 0.25) is 0 Å². The number of ether oxygens (including phenoxy) is 1. The molecule has 0 atom stereocenters. The van der Waals surface area contributed by atoms with E-state index in [1.54, 1.807) is 0 Å². The molecule has 0 fully saturated rings. The summed E-state index contributed by atoms with van der Waals surface area (Å²) in [4.78, 5) is 0. The first kappa shape index (κ1) is 39.3. The highest BCUT2D eigenvalue weighted by atomic mass is 16.5. The maximum atomic E-state index is 7.30. The lowest BCUT2D eigenvalue weighted by Crippen LogP contribution is -2.58. The molecule has 0 spiro atoms. The lowest BCUT2D eigenvalue weighted by molar-refractivity contribution is 0.487. The van der Waals surface area contributed by atoms with Crippen LogP contribution < -0.4 is 21.1 Å². The van der Waals surface area contributed by atoms with Crippen LogP contribution in [0.1, 0.15) is 0 Å². The van der Waals surface area contributed by atoms with Crippen LogP contribution in [-0.2, 0) is 0 Å². The molecule has 0 N–H and O–H groups in total. The average Bonchev–Trinajstić information content (AvgIpc) is 3.76. The van der Waals surface area contributed by atoms with Crippen LogP contribution in [0.5, 0.6) is 11.5 Å². The third-order valence-electron chi connectivity index (χ3n) is 14.5. The van der Waals surface area contributed by atoms with Crippen LogP contribution in [-0.4, -0.2) is 11.3 Å². The summed E-state index contributed by atoms with van der Waals surface area (Å²) in [7, 11) is 0. The zero-order valence-electron chi connectivity index (χ0n) is 37.7. The maximum absolute atomic E-state index is 7.30. The fourth-order valence-electron chi connectivity index (χ4n) is 11.4. The van der Waals surface area contributed by atoms with Crippen molar-refractivity contribution in [1.29, 1.82) is 0 Å². The summed E-state index contributed by atoms with van der Waals surface area (Å²) in [5, 5.41) is 2.45. The third-order valence-corrected chi connectivity index (χ3v) is 14.5. The number of aromatic nitrogens is 1. The van der Waals surface area contributed by atoms with Crippen LogP contribution in [0.3, 0.4) is 0 Å². The first-order valence-electron chi connectivity index (χ1n) is 23.9. The molecule has 0 saturated carbocycles. The molecule has 0 aliphatic carbocycles. The summed E-state index contributed by atoms with van der Waals surface area (Å²) >= 11 is 0. The largest absolute Gasteiger partial charge is 0.458 e. The smallest absolute Gasteiger partial charge is 0.256 e. The summed E-state index contributed by atoms with van der Waals surface area (Å²) in [6, 6.07) is 93.1. The normalized spacial score (nSPS) is 12.1. The van der Waals surface area contributed by atoms with E-state index >= 15 is 0 Å². The maximum Gasteiger partial charge on any atom is 0.256 e. The van der Waals surface area contributed by atoms with Crippen molar-refractivity contribution in [2.75, 3.05) is 0 Å². The van der Waals surface area contributed by atoms with Crippen molar-refractivity contribution in [2.45, 2.75) is 0 Å². The first-order chi connectivity index (χ1) is 34.2. The molecule has 14 rings (SSSR count). The lowest BCUT2D eigenvalue weighted by Gasteiger charge is -2.34. The van der Waals surface area contributed by atoms with Gasteiger partial charge in [-0.25, -0.2) is 0 Å². The van der Waals surface area contributed by atoms with E-state index in [-0.39, 0.29) is 6.71 Å². The van der Waals surface area contributed by atoms with Crippen molar-refractivity contribution >= 4 is 44.9 Å². The third kappa shape index (κ3) is 6.35. The van der Waals surface area contributed by atoms with Crippen molar-refractivity contribution in [3.8, 4) is 95.1 Å². The second-order valence-electron chi connectivity index (χ2n) is 18.3. The number of hydrogen-bond donors (Lipinski definition) is 0. The molecular weight excluding hydrogens is 834 g/mol. The topological polar surface area (TPSA) is 14.2 Å². The van der Waals surface area contributed by atoms with Gasteiger partial charge in [-0.1, -0.05) is 218 Å². The number of benzene rings is 11. The van der Waals surface area contributed by atoms with E-state index in [9.17, 15) is 0 Å². The highest BCUT2D eigenvalue weighted by molar-refractivity contribution is 6.99. The summed E-state index contributed by atoms with van der Waals surface area (Å²) < 4.78 is 9.86. The van der Waals surface area contributed by atoms with Gasteiger partial charge in [0.1, 0.15) is 11.5 Å². The molecule has 0 radical (unpaired) electrons. The Kier molecular flexibility index (Phi) is 9.03. The van der Waals surface area contributed by atoms with Crippen LogP contribution in [0.4, 0.5) is 0 Å². The predicted molar refractivity (Wildman–Crippen MR) is 290 cm³/mol. The summed E-state index contributed by atoms with van der Waals surface area (Å²) in [5.74, 6) is 1.78. The molecular formula is C66H42BNO. The van der Waals surface area contributed by atoms with Gasteiger partial charge in [0.05, 0.1) is 5.52 Å². The SMILES string of the molecule is c1ccc(-c2ccc3c(c2)Oc2cc(-c4ccccc4-c4ccccc4)cc4c2B3c2cc(-c3ccccc3-c3ccccc3)cc3c5cc(-c6ccccc6-c6ccccc6)ccc5n-4c23)cc1. The quantitative estimate of drug-likeness (QED) is 0.146. The van der Waals surface area contributed by atoms with E-state index in [2.05, 4.69) is 259 Å². The van der Waals surface area contributed by atoms with Gasteiger partial charge < -0.3 is 9.30 Å². The van der Waals surface area contributed by atoms with Gasteiger partial charge in [0, 0.05) is 22.0 Å². The molecule has 2 aliphatic rings. The van der Waals surface area contributed by atoms with Crippen molar-refractivity contribution < 1.29 is 4.74 Å². The van der Waals surface area contributed by atoms with Gasteiger partial charge in [-0.2, -0.15) is 0 Å². The standard InChI is InChI=1S/C66H42BNO/c1-5-19-43(20-6-1)47-33-35-59-63(41-47)69-64-42-50(56-32-18-15-29-53(56)46-25-11-4-12-26-46)40-62-65(64)67(59)60-39-49(55-31-17-14-28-52(55)45-23-9-3-10-24-45)38-58-57-37-48(34-36-61(57)68(62)66(58)60)54-30-16-13-27-51(54)44-21-7-2-8-22-44/h1-42H. The molecule has 320 valence electrons. The molecule has 3 heteroatoms. The second kappa shape index (κ2) is 15.9. The number of fused-ring (bicyclic) bond motifs is 7. The highest BCUT2D eigenvalue weighted by Crippen LogP contribution is 2.45. The molecule has 2 nitrogen and oxygen atoms in total. The second-order valence-corrected chi connectivity index (χ2v) is 18.3. The van der Waals surface area contributed by atoms with E-state index in [0.29, 0.717) is 0 Å². The summed E-state index contributed by atoms with van der Waals surface area (Å²) in [5.41, 5.74) is 23.8. The average molecular weight is 876 g/mol. The minimum Gasteiger partial charge on any atom is -0.458 e. The Bertz CT molecular complexity index is 3970. The van der Waals surface area contributed by atoms with Crippen LogP contribution >= 0.6 is 0 Å². The predicted octanol–water partition coefficient (Wildman–Crippen LogP) is 15.4. The molecule has 0 bridgehead atoms. The van der Waals surface area contributed by atoms with Crippen LogP contribution in [0.25, 0.3) is 105 Å². The van der Waals surface area contributed by atoms with Gasteiger partial charge in [-0.3, -0.25) is 0 Å². The minimum atomic E-state index is -0.0941. The van der Waals surface area contributed by atoms with E-state index in [1.807, 2.05) is 0 Å². The van der Waals surface area contributed by atoms with Crippen molar-refractivity contribution in [2.24, 2.45) is 0 Å². The summed E-state index contributed by atoms with van der Waals surface area (Å²) in [6.45, 7) is -0.0941. The number of nitrogens with zero attached hydrogens (tertiary/aromatic N) is 1. The zero-order chi connectivity index (χ0) is 45.4. The van der Waals surface area contributed by atoms with E-state index in [1.165, 1.54) is 93.8 Å². The van der Waals surface area contributed by atoms with E-state index in [0.717, 1.165) is 39.4 Å². The Labute approximate surface area is 402 Å². The Morgan fingerprint density at radius 2 is 0.725 bits per heavy atom. The van der Waals surface area contributed by atoms with Crippen LogP contribution in [0.15, 0.2) is 255 Å². The Morgan fingerprint density at radius 1 is 0.290 bits per heavy atom. The fraction of sp³-hybridized carbons (Fsp3) is 0. The fourth-order valence-corrected chi connectivity index (χ4v) is 11.4. The lowest BCUT2D eigenvalue weighted by atomic mass is 9.34. The first-order valence-corrected chi connectivity index (χ1v) is 23.9. The summed E-state index contributed by atoms with van der Waals surface area (Å²) in [6.07, 6.45) is 0. The van der Waals surface area contributed by atoms with Crippen molar-refractivity contribution in [3.63, 3.8) is 0 Å². The molecule has 69 heavy (non-hydrogen) atoms. The van der Waals surface area contributed by atoms with Gasteiger partial charge in [-0.15, -0.1) is 0 Å². The molecule has 11 aromatic carbocycles. The van der Waals surface area contributed by atoms with Crippen LogP contribution in [0.2, 0.25) is 0 Å². The van der Waals surface area contributed by atoms with E-state index < -0.39 is 0 Å². The Morgan fingerprint density at radius 3 is 1.28 bits per heavy atom. The molecule has 0 amide bonds. The Balaban J connectivity index is 1.09. The van der Waals surface area contributed by atoms with Crippen molar-refractivity contribution in [3.05, 3.63) is 255 Å². The molecule has 0 unspecified atom stereocenters. The van der Waals surface area contributed by atoms with Gasteiger partial charge >= 0.3 is 0 Å². The Hall–Kier alpha value is -8.92. The van der Waals surface area contributed by atoms with Crippen molar-refractivity contribution in [1.82, 2.24) is 4.57 Å². The molecule has 12 aromatic rings. The van der Waals surface area contributed by atoms with Gasteiger partial charge in [-0.05, 0) is 131 Å². The molecule has 1 aromatic heterocycles. The van der Waals surface area contributed by atoms with Gasteiger partial charge in [0.25, 0.3) is 6.71 Å². The van der Waals surface area contributed by atoms with Gasteiger partial charge in [0.15, 0.2) is 0 Å². The minimum absolute atomic E-state index is 0.0941. The highest BCUT2D eigenvalue weighted by Gasteiger charge is 2.41. The molecule has 2 aliphatic heterocycles. The molecule has 3 heterocycles.